The van der Waals surface area contributed by atoms with Gasteiger partial charge in [-0.25, -0.2) is 11.7 Å². The van der Waals surface area contributed by atoms with Crippen LogP contribution in [0.4, 0.5) is 0 Å². The van der Waals surface area contributed by atoms with E-state index < -0.39 is 0 Å². The molecule has 1 unspecified atom stereocenters. The Balaban J connectivity index is 4.35. The molecule has 0 bridgehead atoms. The lowest BCUT2D eigenvalue weighted by atomic mass is 9.73. The van der Waals surface area contributed by atoms with Gasteiger partial charge in [0.15, 0.2) is 0 Å². The van der Waals surface area contributed by atoms with Gasteiger partial charge in [0.1, 0.15) is 13.2 Å². The number of nitrogens with two attached hydrogens (primary N) is 2. The van der Waals surface area contributed by atoms with Crippen LogP contribution >= 0.6 is 0 Å². The second kappa shape index (κ2) is 9.73. The average Bonchev–Trinajstić information content (AvgIpc) is 2.45. The van der Waals surface area contributed by atoms with E-state index in [2.05, 4.69) is 27.7 Å². The third-order valence-electron chi connectivity index (χ3n) is 3.49. The Morgan fingerprint density at radius 1 is 0.955 bits per heavy atom. The van der Waals surface area contributed by atoms with Gasteiger partial charge in [-0.1, -0.05) is 27.7 Å². The standard InChI is InChI=1S/C14H30N4O4/c1-5-14(4,10-22-7-12(20)18-16)8-13(2,3)9-21-6-11(19)17-15/h5-10,15-16H2,1-4H3,(H,17,19)(H,18,20). The summed E-state index contributed by atoms with van der Waals surface area (Å²) in [5, 5.41) is 0. The normalized spacial score (nSPS) is 14.3. The fourth-order valence-electron chi connectivity index (χ4n) is 2.38. The molecule has 0 rings (SSSR count). The molecule has 0 radical (unpaired) electrons. The fourth-order valence-corrected chi connectivity index (χ4v) is 2.38. The minimum atomic E-state index is -0.356. The van der Waals surface area contributed by atoms with Crippen molar-refractivity contribution in [2.75, 3.05) is 26.4 Å². The van der Waals surface area contributed by atoms with Crippen molar-refractivity contribution in [2.45, 2.75) is 40.5 Å². The molecule has 0 aliphatic rings. The number of amides is 2. The van der Waals surface area contributed by atoms with Gasteiger partial charge in [-0.3, -0.25) is 20.4 Å². The number of nitrogens with one attached hydrogen (secondary N) is 2. The molecule has 2 amide bonds. The average molecular weight is 318 g/mol. The number of hydrazine groups is 2. The lowest BCUT2D eigenvalue weighted by Gasteiger charge is -2.36. The van der Waals surface area contributed by atoms with Gasteiger partial charge in [0.25, 0.3) is 11.8 Å². The second-order valence-corrected chi connectivity index (χ2v) is 6.63. The molecule has 0 aliphatic heterocycles. The van der Waals surface area contributed by atoms with Crippen molar-refractivity contribution < 1.29 is 19.1 Å². The van der Waals surface area contributed by atoms with Crippen LogP contribution in [-0.4, -0.2) is 38.2 Å². The van der Waals surface area contributed by atoms with E-state index in [1.807, 2.05) is 10.9 Å². The zero-order valence-corrected chi connectivity index (χ0v) is 14.0. The van der Waals surface area contributed by atoms with E-state index in [9.17, 15) is 9.59 Å². The maximum absolute atomic E-state index is 11.1. The molecule has 0 fully saturated rings. The first kappa shape index (κ1) is 20.8. The van der Waals surface area contributed by atoms with E-state index in [1.54, 1.807) is 0 Å². The molecule has 6 N–H and O–H groups in total. The third kappa shape index (κ3) is 8.93. The predicted octanol–water partition coefficient (Wildman–Crippen LogP) is -0.168. The van der Waals surface area contributed by atoms with Gasteiger partial charge in [-0.05, 0) is 23.7 Å². The zero-order valence-electron chi connectivity index (χ0n) is 14.0. The summed E-state index contributed by atoms with van der Waals surface area (Å²) in [6, 6.07) is 0. The van der Waals surface area contributed by atoms with Crippen LogP contribution < -0.4 is 22.5 Å². The van der Waals surface area contributed by atoms with Crippen molar-refractivity contribution >= 4 is 11.8 Å². The monoisotopic (exact) mass is 318 g/mol. The van der Waals surface area contributed by atoms with Crippen molar-refractivity contribution in [2.24, 2.45) is 22.5 Å². The summed E-state index contributed by atoms with van der Waals surface area (Å²) in [4.78, 5) is 22.1. The molecule has 1 atom stereocenters. The summed E-state index contributed by atoms with van der Waals surface area (Å²) in [7, 11) is 0. The smallest absolute Gasteiger partial charge is 0.259 e. The molecule has 0 saturated heterocycles. The molecule has 0 aromatic rings. The van der Waals surface area contributed by atoms with E-state index in [-0.39, 0.29) is 35.9 Å². The first-order valence-corrected chi connectivity index (χ1v) is 7.32. The van der Waals surface area contributed by atoms with Crippen LogP contribution in [0.25, 0.3) is 0 Å². The minimum absolute atomic E-state index is 0.0559. The van der Waals surface area contributed by atoms with Crippen LogP contribution in [0.1, 0.15) is 40.5 Å². The van der Waals surface area contributed by atoms with Crippen LogP contribution in [0.3, 0.4) is 0 Å². The van der Waals surface area contributed by atoms with E-state index in [4.69, 9.17) is 21.2 Å². The van der Waals surface area contributed by atoms with Crippen molar-refractivity contribution in [3.05, 3.63) is 0 Å². The summed E-state index contributed by atoms with van der Waals surface area (Å²) in [6.07, 6.45) is 1.72. The van der Waals surface area contributed by atoms with Gasteiger partial charge in [-0.2, -0.15) is 0 Å². The largest absolute Gasteiger partial charge is 0.371 e. The molecule has 0 saturated carbocycles. The SMILES string of the molecule is CCC(C)(COCC(=O)NN)CC(C)(C)COCC(=O)NN. The third-order valence-corrected chi connectivity index (χ3v) is 3.49. The van der Waals surface area contributed by atoms with Gasteiger partial charge in [0.2, 0.25) is 0 Å². The number of carbonyl (C=O) groups excluding carboxylic acids is 2. The van der Waals surface area contributed by atoms with Crippen molar-refractivity contribution in [1.82, 2.24) is 10.9 Å². The Morgan fingerprint density at radius 2 is 1.41 bits per heavy atom. The summed E-state index contributed by atoms with van der Waals surface area (Å²) < 4.78 is 10.8. The van der Waals surface area contributed by atoms with E-state index >= 15 is 0 Å². The lowest BCUT2D eigenvalue weighted by Crippen LogP contribution is -2.37. The molecular weight excluding hydrogens is 288 g/mol. The van der Waals surface area contributed by atoms with Crippen LogP contribution in [0.2, 0.25) is 0 Å². The zero-order chi connectivity index (χ0) is 17.2. The van der Waals surface area contributed by atoms with Crippen LogP contribution in [-0.2, 0) is 19.1 Å². The molecule has 0 aliphatic carbocycles. The number of rotatable bonds is 11. The summed E-state index contributed by atoms with van der Waals surface area (Å²) in [5.41, 5.74) is 3.81. The lowest BCUT2D eigenvalue weighted by molar-refractivity contribution is -0.127. The first-order valence-electron chi connectivity index (χ1n) is 7.32. The van der Waals surface area contributed by atoms with Gasteiger partial charge < -0.3 is 9.47 Å². The fraction of sp³-hybridized carbons (Fsp3) is 0.857. The summed E-state index contributed by atoms with van der Waals surface area (Å²) in [6.45, 7) is 9.06. The summed E-state index contributed by atoms with van der Waals surface area (Å²) in [5.74, 6) is 9.30. The highest BCUT2D eigenvalue weighted by molar-refractivity contribution is 5.76. The van der Waals surface area contributed by atoms with E-state index in [1.165, 1.54) is 0 Å². The molecular formula is C14H30N4O4. The quantitative estimate of drug-likeness (QED) is 0.238. The van der Waals surface area contributed by atoms with Crippen LogP contribution in [0.5, 0.6) is 0 Å². The molecule has 0 aromatic heterocycles. The second-order valence-electron chi connectivity index (χ2n) is 6.63. The first-order chi connectivity index (χ1) is 10.2. The summed E-state index contributed by atoms with van der Waals surface area (Å²) >= 11 is 0. The maximum atomic E-state index is 11.1. The van der Waals surface area contributed by atoms with Gasteiger partial charge in [0, 0.05) is 0 Å². The van der Waals surface area contributed by atoms with Crippen molar-refractivity contribution in [1.29, 1.82) is 0 Å². The van der Waals surface area contributed by atoms with Crippen molar-refractivity contribution in [3.8, 4) is 0 Å². The van der Waals surface area contributed by atoms with Gasteiger partial charge in [0.05, 0.1) is 13.2 Å². The molecule has 0 spiro atoms. The highest BCUT2D eigenvalue weighted by Crippen LogP contribution is 2.37. The number of hydrogen-bond donors (Lipinski definition) is 4. The molecule has 8 nitrogen and oxygen atoms in total. The number of carbonyl (C=O) groups is 2. The van der Waals surface area contributed by atoms with Gasteiger partial charge >= 0.3 is 0 Å². The molecule has 130 valence electrons. The Morgan fingerprint density at radius 3 is 1.82 bits per heavy atom. The Kier molecular flexibility index (Phi) is 9.19. The maximum Gasteiger partial charge on any atom is 0.259 e. The Bertz CT molecular complexity index is 363. The van der Waals surface area contributed by atoms with E-state index in [0.29, 0.717) is 13.2 Å². The number of hydrogen-bond acceptors (Lipinski definition) is 6. The topological polar surface area (TPSA) is 129 Å². The molecule has 0 heterocycles. The molecule has 8 heteroatoms. The predicted molar refractivity (Wildman–Crippen MR) is 83.1 cm³/mol. The number of ether oxygens (including phenoxy) is 2. The Hall–Kier alpha value is -1.22. The van der Waals surface area contributed by atoms with E-state index in [0.717, 1.165) is 12.8 Å². The van der Waals surface area contributed by atoms with Gasteiger partial charge in [-0.15, -0.1) is 0 Å². The van der Waals surface area contributed by atoms with Crippen LogP contribution in [0.15, 0.2) is 0 Å². The van der Waals surface area contributed by atoms with Crippen molar-refractivity contribution in [3.63, 3.8) is 0 Å². The molecule has 0 aromatic carbocycles. The Labute approximate surface area is 132 Å². The highest BCUT2D eigenvalue weighted by Gasteiger charge is 2.32. The minimum Gasteiger partial charge on any atom is -0.371 e. The highest BCUT2D eigenvalue weighted by atomic mass is 16.5. The van der Waals surface area contributed by atoms with Crippen LogP contribution in [0, 0.1) is 10.8 Å². The molecule has 22 heavy (non-hydrogen) atoms.